The largest absolute Gasteiger partial charge is 0.310 e. The standard InChI is InChI=1S/C76H52N2S/c1-7-24-52(25-8-1)56-46-57(53-26-9-2-10-27-53)48-61(47-56)79(59-32-15-5-16-33-59,60-34-17-6-18-35-60)62-50-66(54-28-11-3-12-29-54)74-68(51-62)69-39-23-45-76(69)44-22-38-64-67-49-55(42-43-71(67)78(74)75(64)76)63-37-21-41-72-73(63)65-36-19-20-40-70(65)77(72)58-30-13-4-14-31-58/h1-43,45-51H,44H2. The van der Waals surface area contributed by atoms with E-state index in [0.717, 1.165) is 12.1 Å². The van der Waals surface area contributed by atoms with E-state index in [4.69, 9.17) is 0 Å². The van der Waals surface area contributed by atoms with E-state index in [-0.39, 0.29) is 5.41 Å². The van der Waals surface area contributed by atoms with Crippen LogP contribution in [0.5, 0.6) is 0 Å². The highest BCUT2D eigenvalue weighted by Crippen LogP contribution is 2.75. The summed E-state index contributed by atoms with van der Waals surface area (Å²) >= 11 is 0. The third-order valence-corrected chi connectivity index (χ3v) is 20.8. The highest BCUT2D eigenvalue weighted by Gasteiger charge is 2.48. The van der Waals surface area contributed by atoms with Crippen LogP contribution in [0.2, 0.25) is 0 Å². The summed E-state index contributed by atoms with van der Waals surface area (Å²) < 4.78 is 5.10. The molecule has 0 radical (unpaired) electrons. The molecule has 2 aliphatic carbocycles. The lowest BCUT2D eigenvalue weighted by atomic mass is 9.68. The van der Waals surface area contributed by atoms with E-state index in [9.17, 15) is 0 Å². The fraction of sp³-hybridized carbons (Fsp3) is 0.0263. The maximum atomic E-state index is 2.68. The molecule has 3 heterocycles. The van der Waals surface area contributed by atoms with Crippen LogP contribution < -0.4 is 0 Å². The molecule has 3 aliphatic rings. The SMILES string of the molecule is C1=CC23CC=Cc4c2n(c2ccc(-c5cccc6c5c5ccccc5n6-c5ccccc5)cc42)-c2c(cc(S(c4ccccc4)(c4ccccc4)c4cc(-c5ccccc5)cc(-c5ccccc5)c4)cc2-c2ccccc2)C3=C1. The maximum absolute atomic E-state index is 2.68. The van der Waals surface area contributed by atoms with E-state index < -0.39 is 10.0 Å². The number of fused-ring (bicyclic) bond motifs is 9. The summed E-state index contributed by atoms with van der Waals surface area (Å²) in [7, 11) is -2.25. The first-order chi connectivity index (χ1) is 39.2. The Bertz CT molecular complexity index is 4550. The molecule has 1 spiro atoms. The van der Waals surface area contributed by atoms with E-state index in [1.807, 2.05) is 0 Å². The van der Waals surface area contributed by atoms with E-state index in [0.29, 0.717) is 0 Å². The van der Waals surface area contributed by atoms with Crippen LogP contribution in [0.3, 0.4) is 0 Å². The Labute approximate surface area is 462 Å². The van der Waals surface area contributed by atoms with Crippen LogP contribution in [0, 0.1) is 0 Å². The van der Waals surface area contributed by atoms with Crippen molar-refractivity contribution in [1.29, 1.82) is 0 Å². The maximum Gasteiger partial charge on any atom is 0.0614 e. The van der Waals surface area contributed by atoms with Gasteiger partial charge in [-0.1, -0.05) is 212 Å². The molecule has 2 aromatic heterocycles. The molecule has 0 fully saturated rings. The molecule has 2 nitrogen and oxygen atoms in total. The zero-order valence-corrected chi connectivity index (χ0v) is 44.2. The van der Waals surface area contributed by atoms with Crippen molar-refractivity contribution in [1.82, 2.24) is 9.13 Å². The van der Waals surface area contributed by atoms with E-state index in [1.165, 1.54) is 125 Å². The number of nitrogens with zero attached hydrogens (tertiary/aromatic N) is 2. The molecule has 0 bridgehead atoms. The minimum absolute atomic E-state index is 0.364. The normalized spacial score (nSPS) is 15.3. The van der Waals surface area contributed by atoms with Gasteiger partial charge in [-0.2, -0.15) is 0 Å². The average molecular weight is 1030 g/mol. The van der Waals surface area contributed by atoms with Crippen LogP contribution in [-0.2, 0) is 5.41 Å². The summed E-state index contributed by atoms with van der Waals surface area (Å²) in [6.45, 7) is 0. The molecule has 1 unspecified atom stereocenters. The molecule has 1 atom stereocenters. The van der Waals surface area contributed by atoms with E-state index in [1.54, 1.807) is 0 Å². The molecular weight excluding hydrogens is 973 g/mol. The number of aromatic nitrogens is 2. The minimum atomic E-state index is -2.25. The molecule has 16 rings (SSSR count). The molecule has 0 saturated heterocycles. The fourth-order valence-corrected chi connectivity index (χ4v) is 17.6. The number of rotatable bonds is 9. The molecule has 0 saturated carbocycles. The first-order valence-electron chi connectivity index (χ1n) is 27.4. The Morgan fingerprint density at radius 3 is 1.59 bits per heavy atom. The molecule has 0 amide bonds. The second kappa shape index (κ2) is 18.0. The Balaban J connectivity index is 0.998. The second-order valence-corrected chi connectivity index (χ2v) is 24.3. The van der Waals surface area contributed by atoms with Crippen molar-refractivity contribution >= 4 is 54.4 Å². The van der Waals surface area contributed by atoms with Gasteiger partial charge in [0.1, 0.15) is 0 Å². The molecule has 372 valence electrons. The summed E-state index contributed by atoms with van der Waals surface area (Å²) in [5.74, 6) is 0. The van der Waals surface area contributed by atoms with Gasteiger partial charge in [-0.25, -0.2) is 0 Å². The Morgan fingerprint density at radius 2 is 0.924 bits per heavy atom. The van der Waals surface area contributed by atoms with Crippen LogP contribution in [0.25, 0.3) is 100 Å². The molecule has 0 N–H and O–H groups in total. The first-order valence-corrected chi connectivity index (χ1v) is 29.1. The van der Waals surface area contributed by atoms with Crippen molar-refractivity contribution in [2.75, 3.05) is 0 Å². The summed E-state index contributed by atoms with van der Waals surface area (Å²) in [6.07, 6.45) is 13.0. The Morgan fingerprint density at radius 1 is 0.367 bits per heavy atom. The molecule has 11 aromatic carbocycles. The van der Waals surface area contributed by atoms with E-state index in [2.05, 4.69) is 313 Å². The van der Waals surface area contributed by atoms with Crippen molar-refractivity contribution in [3.63, 3.8) is 0 Å². The third-order valence-electron chi connectivity index (χ3n) is 17.0. The minimum Gasteiger partial charge on any atom is -0.310 e. The van der Waals surface area contributed by atoms with Gasteiger partial charge < -0.3 is 9.13 Å². The zero-order valence-electron chi connectivity index (χ0n) is 43.4. The lowest BCUT2D eigenvalue weighted by Crippen LogP contribution is -2.33. The van der Waals surface area contributed by atoms with Gasteiger partial charge in [0.25, 0.3) is 0 Å². The van der Waals surface area contributed by atoms with E-state index >= 15 is 0 Å². The number of allylic oxidation sites excluding steroid dienone is 5. The summed E-state index contributed by atoms with van der Waals surface area (Å²) in [4.78, 5) is 5.17. The zero-order chi connectivity index (χ0) is 52.1. The van der Waals surface area contributed by atoms with Crippen LogP contribution in [0.15, 0.2) is 317 Å². The molecular formula is C76H52N2S. The summed E-state index contributed by atoms with van der Waals surface area (Å²) in [5.41, 5.74) is 20.6. The molecule has 1 aliphatic heterocycles. The van der Waals surface area contributed by atoms with Crippen LogP contribution >= 0.6 is 10.0 Å². The van der Waals surface area contributed by atoms with Gasteiger partial charge in [0.2, 0.25) is 0 Å². The lowest BCUT2D eigenvalue weighted by molar-refractivity contribution is 0.648. The smallest absolute Gasteiger partial charge is 0.0614 e. The van der Waals surface area contributed by atoms with Crippen molar-refractivity contribution in [2.24, 2.45) is 0 Å². The highest BCUT2D eigenvalue weighted by atomic mass is 32.3. The Hall–Kier alpha value is -9.67. The number of para-hydroxylation sites is 2. The van der Waals surface area contributed by atoms with Crippen molar-refractivity contribution in [2.45, 2.75) is 31.4 Å². The fourth-order valence-electron chi connectivity index (χ4n) is 13.7. The summed E-state index contributed by atoms with van der Waals surface area (Å²) in [6, 6.07) is 102. The van der Waals surface area contributed by atoms with Crippen molar-refractivity contribution < 1.29 is 0 Å². The van der Waals surface area contributed by atoms with Gasteiger partial charge in [0.15, 0.2) is 0 Å². The Kier molecular flexibility index (Phi) is 10.3. The number of hydrogen-bond donors (Lipinski definition) is 0. The van der Waals surface area contributed by atoms with Gasteiger partial charge in [-0.15, -0.1) is 10.0 Å². The summed E-state index contributed by atoms with van der Waals surface area (Å²) in [5, 5.41) is 3.79. The quantitative estimate of drug-likeness (QED) is 0.136. The third kappa shape index (κ3) is 6.80. The highest BCUT2D eigenvalue weighted by molar-refractivity contribution is 8.34. The monoisotopic (exact) mass is 1020 g/mol. The van der Waals surface area contributed by atoms with Gasteiger partial charge in [-0.3, -0.25) is 0 Å². The molecule has 3 heteroatoms. The topological polar surface area (TPSA) is 9.86 Å². The first kappa shape index (κ1) is 45.5. The lowest BCUT2D eigenvalue weighted by Gasteiger charge is -2.45. The van der Waals surface area contributed by atoms with Gasteiger partial charge >= 0.3 is 0 Å². The average Bonchev–Trinajstić information content (AvgIpc) is 4.42. The second-order valence-electron chi connectivity index (χ2n) is 21.2. The van der Waals surface area contributed by atoms with Crippen molar-refractivity contribution in [3.05, 3.63) is 314 Å². The van der Waals surface area contributed by atoms with Crippen LogP contribution in [0.1, 0.15) is 23.2 Å². The molecule has 13 aromatic rings. The van der Waals surface area contributed by atoms with Gasteiger partial charge in [-0.05, 0) is 142 Å². The van der Waals surface area contributed by atoms with Gasteiger partial charge in [0, 0.05) is 63.8 Å². The van der Waals surface area contributed by atoms with Crippen molar-refractivity contribution in [3.8, 4) is 55.9 Å². The van der Waals surface area contributed by atoms with Crippen LogP contribution in [0.4, 0.5) is 0 Å². The number of hydrogen-bond acceptors (Lipinski definition) is 0. The van der Waals surface area contributed by atoms with Gasteiger partial charge in [0.05, 0.1) is 27.7 Å². The van der Waals surface area contributed by atoms with Crippen LogP contribution in [-0.4, -0.2) is 9.13 Å². The number of benzene rings is 11. The predicted octanol–water partition coefficient (Wildman–Crippen LogP) is 20.4. The molecule has 79 heavy (non-hydrogen) atoms. The predicted molar refractivity (Wildman–Crippen MR) is 332 cm³/mol.